The van der Waals surface area contributed by atoms with Gasteiger partial charge in [0.1, 0.15) is 35.7 Å². The lowest BCUT2D eigenvalue weighted by atomic mass is 9.72. The number of phenolic OH excluding ortho intramolecular Hbond substituents is 2. The minimum absolute atomic E-state index is 0.0140. The summed E-state index contributed by atoms with van der Waals surface area (Å²) in [5.41, 5.74) is -3.02. The van der Waals surface area contributed by atoms with Crippen LogP contribution in [0, 0.1) is 0 Å². The Hall–Kier alpha value is -3.84. The monoisotopic (exact) mass is 581 g/mol. The van der Waals surface area contributed by atoms with Crippen molar-refractivity contribution in [3.8, 4) is 17.2 Å². The molecule has 2 fully saturated rings. The molecular weight excluding hydrogens is 550 g/mol. The molecule has 6 atom stereocenters. The number of fused-ring (bicyclic) bond motifs is 4. The zero-order valence-corrected chi connectivity index (χ0v) is 23.5. The number of carbonyl (C=O) groups excluding carboxylic acids is 4. The average molecular weight is 582 g/mol. The van der Waals surface area contributed by atoms with Crippen molar-refractivity contribution in [3.63, 3.8) is 0 Å². The van der Waals surface area contributed by atoms with Crippen molar-refractivity contribution in [2.45, 2.75) is 76.3 Å². The van der Waals surface area contributed by atoms with E-state index in [-0.39, 0.29) is 65.6 Å². The number of amides is 1. The number of benzene rings is 2. The highest BCUT2D eigenvalue weighted by atomic mass is 16.7. The fraction of sp³-hybridized carbons (Fsp3) is 0.467. The minimum atomic E-state index is -2.01. The summed E-state index contributed by atoms with van der Waals surface area (Å²) in [6, 6.07) is 4.09. The number of aliphatic hydroxyl groups is 1. The number of methoxy groups -OCH3 is 1. The van der Waals surface area contributed by atoms with E-state index in [0.717, 1.165) is 0 Å². The molecule has 0 bridgehead atoms. The van der Waals surface area contributed by atoms with Gasteiger partial charge < -0.3 is 39.2 Å². The molecule has 2 aliphatic carbocycles. The summed E-state index contributed by atoms with van der Waals surface area (Å²) in [6.07, 6.45) is -3.62. The predicted octanol–water partition coefficient (Wildman–Crippen LogP) is 1.91. The van der Waals surface area contributed by atoms with Crippen LogP contribution in [0.4, 0.5) is 0 Å². The molecule has 2 aromatic carbocycles. The fourth-order valence-electron chi connectivity index (χ4n) is 6.73. The van der Waals surface area contributed by atoms with Gasteiger partial charge in [0.2, 0.25) is 11.7 Å². The van der Waals surface area contributed by atoms with Crippen molar-refractivity contribution < 1.29 is 53.4 Å². The first kappa shape index (κ1) is 28.3. The second-order valence-electron chi connectivity index (χ2n) is 11.3. The molecule has 3 N–H and O–H groups in total. The van der Waals surface area contributed by atoms with E-state index in [1.165, 1.54) is 39.2 Å². The number of phenols is 2. The van der Waals surface area contributed by atoms with E-state index in [0.29, 0.717) is 0 Å². The molecule has 0 saturated carbocycles. The number of carbonyl (C=O) groups is 4. The van der Waals surface area contributed by atoms with Gasteiger partial charge in [-0.3, -0.25) is 19.2 Å². The summed E-state index contributed by atoms with van der Waals surface area (Å²) in [4.78, 5) is 53.8. The lowest BCUT2D eigenvalue weighted by Gasteiger charge is -2.42. The minimum Gasteiger partial charge on any atom is -0.507 e. The molecule has 2 saturated heterocycles. The third-order valence-corrected chi connectivity index (χ3v) is 8.90. The van der Waals surface area contributed by atoms with Crippen molar-refractivity contribution in [3.05, 3.63) is 51.6 Å². The quantitative estimate of drug-likeness (QED) is 0.385. The summed E-state index contributed by atoms with van der Waals surface area (Å²) in [5, 5.41) is 34.5. The van der Waals surface area contributed by atoms with E-state index < -0.39 is 70.5 Å². The number of aromatic hydroxyl groups is 2. The number of rotatable bonds is 4. The van der Waals surface area contributed by atoms with Crippen LogP contribution in [0.15, 0.2) is 18.2 Å². The van der Waals surface area contributed by atoms with Crippen LogP contribution in [0.2, 0.25) is 0 Å². The Morgan fingerprint density at radius 1 is 1.07 bits per heavy atom. The molecule has 42 heavy (non-hydrogen) atoms. The average Bonchev–Trinajstić information content (AvgIpc) is 3.38. The first-order chi connectivity index (χ1) is 19.9. The van der Waals surface area contributed by atoms with Crippen LogP contribution in [0.1, 0.15) is 82.7 Å². The van der Waals surface area contributed by atoms with Gasteiger partial charge in [0.05, 0.1) is 42.0 Å². The van der Waals surface area contributed by atoms with Gasteiger partial charge in [0.25, 0.3) is 0 Å². The van der Waals surface area contributed by atoms with Gasteiger partial charge >= 0.3 is 0 Å². The normalized spacial score (nSPS) is 29.8. The van der Waals surface area contributed by atoms with Crippen molar-refractivity contribution in [1.82, 2.24) is 4.90 Å². The highest BCUT2D eigenvalue weighted by Gasteiger charge is 2.51. The first-order valence-electron chi connectivity index (χ1n) is 13.7. The Morgan fingerprint density at radius 3 is 2.45 bits per heavy atom. The summed E-state index contributed by atoms with van der Waals surface area (Å²) in [7, 11) is 1.35. The second kappa shape index (κ2) is 9.87. The number of Topliss-reactive ketones (excluding diaryl/α,β-unsaturated/α-hetero) is 1. The van der Waals surface area contributed by atoms with Gasteiger partial charge in [-0.05, 0) is 19.9 Å². The molecule has 1 amide bonds. The highest BCUT2D eigenvalue weighted by Crippen LogP contribution is 2.52. The van der Waals surface area contributed by atoms with Gasteiger partial charge in [-0.1, -0.05) is 12.1 Å². The Kier molecular flexibility index (Phi) is 6.65. The van der Waals surface area contributed by atoms with Gasteiger partial charge in [-0.15, -0.1) is 0 Å². The third kappa shape index (κ3) is 4.04. The molecule has 12 heteroatoms. The van der Waals surface area contributed by atoms with E-state index in [1.807, 2.05) is 0 Å². The van der Waals surface area contributed by atoms with Crippen molar-refractivity contribution >= 4 is 23.3 Å². The largest absolute Gasteiger partial charge is 0.507 e. The van der Waals surface area contributed by atoms with E-state index in [4.69, 9.17) is 18.9 Å². The number of ether oxygens (including phenoxy) is 4. The molecule has 2 aromatic rings. The Bertz CT molecular complexity index is 1550. The number of nitrogens with zero attached hydrogens (tertiary/aromatic N) is 1. The van der Waals surface area contributed by atoms with Crippen LogP contribution in [0.3, 0.4) is 0 Å². The topological polar surface area (TPSA) is 169 Å². The predicted molar refractivity (Wildman–Crippen MR) is 142 cm³/mol. The van der Waals surface area contributed by atoms with Crippen LogP contribution < -0.4 is 4.74 Å². The molecule has 5 unspecified atom stereocenters. The van der Waals surface area contributed by atoms with Gasteiger partial charge in [0.15, 0.2) is 17.9 Å². The molecule has 222 valence electrons. The van der Waals surface area contributed by atoms with E-state index in [9.17, 15) is 34.5 Å². The maximum absolute atomic E-state index is 13.8. The van der Waals surface area contributed by atoms with Crippen LogP contribution in [0.5, 0.6) is 17.2 Å². The van der Waals surface area contributed by atoms with Crippen molar-refractivity contribution in [2.24, 2.45) is 0 Å². The van der Waals surface area contributed by atoms with Gasteiger partial charge in [-0.2, -0.15) is 0 Å². The molecule has 0 spiro atoms. The van der Waals surface area contributed by atoms with E-state index in [1.54, 1.807) is 11.8 Å². The third-order valence-electron chi connectivity index (χ3n) is 8.90. The summed E-state index contributed by atoms with van der Waals surface area (Å²) in [6.45, 7) is 4.50. The number of hydrogen-bond acceptors (Lipinski definition) is 11. The van der Waals surface area contributed by atoms with Crippen LogP contribution in [0.25, 0.3) is 0 Å². The zero-order valence-electron chi connectivity index (χ0n) is 23.5. The standard InChI is InChI=1S/C30H31NO11/c1-12-29-17(31(11-40-29)14(3)33)8-20(41-12)42-19-10-30(38,13(2)32)9-16-22(19)28(37)24-23(26(16)35)25(34)15-6-5-7-18(39-4)21(15)27(24)36/h5-7,12,17,19-20,29,35,37-38H,8-11H2,1-4H3/t12?,17?,19?,20?,29?,30-/m0/s1. The summed E-state index contributed by atoms with van der Waals surface area (Å²) >= 11 is 0. The SMILES string of the molecule is COc1cccc2c1C(=O)c1c(O)c3c(c(O)c1C2=O)C[C@@](O)(C(C)=O)CC3OC1CC2C(OCN2C(C)=O)C(C)O1. The van der Waals surface area contributed by atoms with Crippen LogP contribution >= 0.6 is 0 Å². The fourth-order valence-corrected chi connectivity index (χ4v) is 6.73. The number of ketones is 3. The lowest BCUT2D eigenvalue weighted by molar-refractivity contribution is -0.246. The van der Waals surface area contributed by atoms with Crippen molar-refractivity contribution in [2.75, 3.05) is 13.8 Å². The molecule has 6 rings (SSSR count). The van der Waals surface area contributed by atoms with Gasteiger partial charge in [0, 0.05) is 42.9 Å². The Balaban J connectivity index is 1.46. The molecule has 0 radical (unpaired) electrons. The van der Waals surface area contributed by atoms with Crippen LogP contribution in [-0.4, -0.2) is 87.5 Å². The maximum Gasteiger partial charge on any atom is 0.221 e. The van der Waals surface area contributed by atoms with Gasteiger partial charge in [-0.25, -0.2) is 0 Å². The zero-order chi connectivity index (χ0) is 30.2. The molecule has 2 heterocycles. The maximum atomic E-state index is 13.8. The van der Waals surface area contributed by atoms with Crippen LogP contribution in [-0.2, 0) is 30.2 Å². The summed E-state index contributed by atoms with van der Waals surface area (Å²) in [5.74, 6) is -3.34. The molecule has 12 nitrogen and oxygen atoms in total. The lowest BCUT2D eigenvalue weighted by Crippen LogP contribution is -2.52. The first-order valence-corrected chi connectivity index (χ1v) is 13.7. The summed E-state index contributed by atoms with van der Waals surface area (Å²) < 4.78 is 23.4. The molecule has 2 aliphatic heterocycles. The number of hydrogen-bond donors (Lipinski definition) is 3. The Morgan fingerprint density at radius 2 is 1.79 bits per heavy atom. The molecular formula is C30H31NO11. The second-order valence-corrected chi connectivity index (χ2v) is 11.3. The molecule has 4 aliphatic rings. The smallest absolute Gasteiger partial charge is 0.221 e. The highest BCUT2D eigenvalue weighted by molar-refractivity contribution is 6.31. The molecule has 0 aromatic heterocycles. The van der Waals surface area contributed by atoms with E-state index >= 15 is 0 Å². The van der Waals surface area contributed by atoms with E-state index in [2.05, 4.69) is 0 Å². The Labute approximate surface area is 240 Å². The van der Waals surface area contributed by atoms with Crippen molar-refractivity contribution in [1.29, 1.82) is 0 Å².